The van der Waals surface area contributed by atoms with E-state index in [1.807, 2.05) is 6.07 Å². The Hall–Kier alpha value is -1.65. The molecule has 0 unspecified atom stereocenters. The van der Waals surface area contributed by atoms with Crippen molar-refractivity contribution in [2.45, 2.75) is 49.6 Å². The molecule has 0 aromatic heterocycles. The SMILES string of the molecule is I.NC(=NCc1ccc(S(=O)(=O)NC2CC2)cc1)Nc1ccc2c(c1)CCC2. The number of aliphatic imine (C=N–C) groups is 1. The Labute approximate surface area is 183 Å². The Morgan fingerprint density at radius 1 is 1.07 bits per heavy atom. The maximum Gasteiger partial charge on any atom is 0.240 e. The Bertz CT molecular complexity index is 970. The summed E-state index contributed by atoms with van der Waals surface area (Å²) in [4.78, 5) is 4.64. The molecule has 0 radical (unpaired) electrons. The summed E-state index contributed by atoms with van der Waals surface area (Å²) in [6.07, 6.45) is 5.32. The predicted molar refractivity (Wildman–Crippen MR) is 123 cm³/mol. The Balaban J connectivity index is 0.00000225. The van der Waals surface area contributed by atoms with Gasteiger partial charge >= 0.3 is 0 Å². The fourth-order valence-corrected chi connectivity index (χ4v) is 4.58. The predicted octanol–water partition coefficient (Wildman–Crippen LogP) is 3.16. The fourth-order valence-electron chi connectivity index (χ4n) is 3.28. The third-order valence-electron chi connectivity index (χ3n) is 4.94. The topological polar surface area (TPSA) is 96.6 Å². The molecule has 2 aliphatic carbocycles. The maximum atomic E-state index is 12.2. The van der Waals surface area contributed by atoms with E-state index >= 15 is 0 Å². The quantitative estimate of drug-likeness (QED) is 0.315. The lowest BCUT2D eigenvalue weighted by atomic mass is 10.1. The second-order valence-corrected chi connectivity index (χ2v) is 8.92. The van der Waals surface area contributed by atoms with Gasteiger partial charge in [0.25, 0.3) is 0 Å². The molecule has 0 aliphatic heterocycles. The minimum absolute atomic E-state index is 0. The van der Waals surface area contributed by atoms with E-state index in [0.717, 1.165) is 36.9 Å². The van der Waals surface area contributed by atoms with E-state index in [4.69, 9.17) is 5.73 Å². The molecule has 0 amide bonds. The summed E-state index contributed by atoms with van der Waals surface area (Å²) in [6, 6.07) is 13.2. The number of halogens is 1. The zero-order valence-corrected chi connectivity index (χ0v) is 18.7. The number of guanidine groups is 1. The van der Waals surface area contributed by atoms with Crippen molar-refractivity contribution in [3.05, 3.63) is 59.2 Å². The maximum absolute atomic E-state index is 12.2. The fraction of sp³-hybridized carbons (Fsp3) is 0.350. The molecule has 8 heteroatoms. The van der Waals surface area contributed by atoms with Crippen LogP contribution in [0.4, 0.5) is 5.69 Å². The first-order valence-corrected chi connectivity index (χ1v) is 10.8. The van der Waals surface area contributed by atoms with E-state index in [-0.39, 0.29) is 34.9 Å². The lowest BCUT2D eigenvalue weighted by Crippen LogP contribution is -2.25. The van der Waals surface area contributed by atoms with Gasteiger partial charge in [0.15, 0.2) is 5.96 Å². The highest BCUT2D eigenvalue weighted by molar-refractivity contribution is 14.0. The van der Waals surface area contributed by atoms with Crippen molar-refractivity contribution in [2.75, 3.05) is 5.32 Å². The summed E-state index contributed by atoms with van der Waals surface area (Å²) >= 11 is 0. The zero-order chi connectivity index (χ0) is 18.9. The molecule has 1 fully saturated rings. The number of aryl methyl sites for hydroxylation is 2. The number of benzene rings is 2. The van der Waals surface area contributed by atoms with E-state index in [1.165, 1.54) is 17.5 Å². The number of hydrogen-bond acceptors (Lipinski definition) is 3. The molecule has 0 heterocycles. The first-order chi connectivity index (χ1) is 13.0. The summed E-state index contributed by atoms with van der Waals surface area (Å²) in [7, 11) is -3.41. The van der Waals surface area contributed by atoms with Crippen molar-refractivity contribution in [3.8, 4) is 0 Å². The van der Waals surface area contributed by atoms with Crippen LogP contribution in [0.3, 0.4) is 0 Å². The lowest BCUT2D eigenvalue weighted by Gasteiger charge is -2.08. The van der Waals surface area contributed by atoms with Crippen LogP contribution in [-0.4, -0.2) is 20.4 Å². The number of fused-ring (bicyclic) bond motifs is 1. The van der Waals surface area contributed by atoms with Gasteiger partial charge in [0.05, 0.1) is 11.4 Å². The average molecular weight is 512 g/mol. The van der Waals surface area contributed by atoms with Gasteiger partial charge in [-0.25, -0.2) is 18.1 Å². The van der Waals surface area contributed by atoms with Crippen molar-refractivity contribution in [1.29, 1.82) is 0 Å². The molecule has 2 aromatic rings. The molecular weight excluding hydrogens is 487 g/mol. The first kappa shape index (κ1) is 21.1. The summed E-state index contributed by atoms with van der Waals surface area (Å²) in [6.45, 7) is 0.389. The second kappa shape index (κ2) is 8.79. The summed E-state index contributed by atoms with van der Waals surface area (Å²) < 4.78 is 27.0. The van der Waals surface area contributed by atoms with Crippen molar-refractivity contribution in [1.82, 2.24) is 4.72 Å². The van der Waals surface area contributed by atoms with Crippen LogP contribution >= 0.6 is 24.0 Å². The molecule has 4 N–H and O–H groups in total. The monoisotopic (exact) mass is 512 g/mol. The van der Waals surface area contributed by atoms with Crippen LogP contribution in [0.2, 0.25) is 0 Å². The van der Waals surface area contributed by atoms with Gasteiger partial charge in [-0.3, -0.25) is 0 Å². The molecule has 0 bridgehead atoms. The molecule has 6 nitrogen and oxygen atoms in total. The minimum Gasteiger partial charge on any atom is -0.370 e. The van der Waals surface area contributed by atoms with Crippen molar-refractivity contribution < 1.29 is 8.42 Å². The summed E-state index contributed by atoms with van der Waals surface area (Å²) in [5.74, 6) is 0.347. The third kappa shape index (κ3) is 5.24. The van der Waals surface area contributed by atoms with Gasteiger partial charge in [0, 0.05) is 11.7 Å². The molecule has 0 atom stereocenters. The Kier molecular flexibility index (Phi) is 6.61. The number of nitrogens with two attached hydrogens (primary N) is 1. The lowest BCUT2D eigenvalue weighted by molar-refractivity contribution is 0.581. The Morgan fingerprint density at radius 3 is 2.50 bits per heavy atom. The van der Waals surface area contributed by atoms with Gasteiger partial charge in [-0.1, -0.05) is 18.2 Å². The molecule has 0 spiro atoms. The highest BCUT2D eigenvalue weighted by Crippen LogP contribution is 2.25. The van der Waals surface area contributed by atoms with Crippen LogP contribution in [0.15, 0.2) is 52.4 Å². The molecule has 2 aromatic carbocycles. The van der Waals surface area contributed by atoms with Crippen molar-refractivity contribution in [3.63, 3.8) is 0 Å². The van der Waals surface area contributed by atoms with Crippen LogP contribution < -0.4 is 15.8 Å². The van der Waals surface area contributed by atoms with Gasteiger partial charge in [-0.05, 0) is 73.1 Å². The van der Waals surface area contributed by atoms with Gasteiger partial charge < -0.3 is 11.1 Å². The van der Waals surface area contributed by atoms with E-state index in [2.05, 4.69) is 27.2 Å². The van der Waals surface area contributed by atoms with E-state index in [0.29, 0.717) is 12.5 Å². The molecule has 2 aliphatic rings. The Morgan fingerprint density at radius 2 is 1.79 bits per heavy atom. The number of sulfonamides is 1. The normalized spacial score (nSPS) is 16.4. The number of rotatable bonds is 6. The summed E-state index contributed by atoms with van der Waals surface area (Å²) in [5.41, 5.74) is 10.6. The van der Waals surface area contributed by atoms with E-state index in [9.17, 15) is 8.42 Å². The first-order valence-electron chi connectivity index (χ1n) is 9.30. The number of anilines is 1. The number of nitrogens with one attached hydrogen (secondary N) is 2. The molecule has 0 saturated heterocycles. The van der Waals surface area contributed by atoms with E-state index < -0.39 is 10.0 Å². The molecule has 1 saturated carbocycles. The minimum atomic E-state index is -3.41. The van der Waals surface area contributed by atoms with Gasteiger partial charge in [0.2, 0.25) is 10.0 Å². The van der Waals surface area contributed by atoms with Gasteiger partial charge in [-0.2, -0.15) is 0 Å². The van der Waals surface area contributed by atoms with Crippen LogP contribution in [0.25, 0.3) is 0 Å². The number of hydrogen-bond donors (Lipinski definition) is 3. The molecule has 4 rings (SSSR count). The van der Waals surface area contributed by atoms with Crippen molar-refractivity contribution >= 4 is 45.6 Å². The highest BCUT2D eigenvalue weighted by Gasteiger charge is 2.27. The third-order valence-corrected chi connectivity index (χ3v) is 6.47. The van der Waals surface area contributed by atoms with Crippen LogP contribution in [0, 0.1) is 0 Å². The van der Waals surface area contributed by atoms with Gasteiger partial charge in [-0.15, -0.1) is 24.0 Å². The average Bonchev–Trinajstić information content (AvgIpc) is 3.32. The van der Waals surface area contributed by atoms with Crippen molar-refractivity contribution in [2.24, 2.45) is 10.7 Å². The number of nitrogens with zero attached hydrogens (tertiary/aromatic N) is 1. The van der Waals surface area contributed by atoms with Crippen LogP contribution in [0.1, 0.15) is 36.0 Å². The molecule has 150 valence electrons. The van der Waals surface area contributed by atoms with Gasteiger partial charge in [0.1, 0.15) is 0 Å². The standard InChI is InChI=1S/C20H24N4O2S.HI/c21-20(23-18-7-6-15-2-1-3-16(15)12-18)22-13-14-4-10-19(11-5-14)27(25,26)24-17-8-9-17;/h4-7,10-12,17,24H,1-3,8-9,13H2,(H3,21,22,23);1H. The molecular formula is C20H25IN4O2S. The van der Waals surface area contributed by atoms with Crippen LogP contribution in [0.5, 0.6) is 0 Å². The second-order valence-electron chi connectivity index (χ2n) is 7.20. The largest absolute Gasteiger partial charge is 0.370 e. The van der Waals surface area contributed by atoms with E-state index in [1.54, 1.807) is 24.3 Å². The highest BCUT2D eigenvalue weighted by atomic mass is 127. The summed E-state index contributed by atoms with van der Waals surface area (Å²) in [5, 5.41) is 3.13. The smallest absolute Gasteiger partial charge is 0.240 e. The molecule has 28 heavy (non-hydrogen) atoms. The van der Waals surface area contributed by atoms with Crippen LogP contribution in [-0.2, 0) is 29.4 Å². The zero-order valence-electron chi connectivity index (χ0n) is 15.5.